The Labute approximate surface area is 477 Å². The van der Waals surface area contributed by atoms with Gasteiger partial charge in [-0.1, -0.05) is 51.3 Å². The lowest BCUT2D eigenvalue weighted by Gasteiger charge is -2.25. The van der Waals surface area contributed by atoms with Gasteiger partial charge in [-0.25, -0.2) is 14.4 Å². The van der Waals surface area contributed by atoms with Crippen molar-refractivity contribution in [1.29, 1.82) is 0 Å². The fraction of sp³-hybridized carbons (Fsp3) is 0.508. The zero-order valence-corrected chi connectivity index (χ0v) is 47.3. The largest absolute Gasteiger partial charge is 0.493 e. The molecule has 4 atom stereocenters. The first-order valence-corrected chi connectivity index (χ1v) is 27.6. The van der Waals surface area contributed by atoms with Crippen molar-refractivity contribution >= 4 is 59.0 Å². The number of rotatable bonds is 28. The molecule has 4 aliphatic rings. The number of amides is 7. The lowest BCUT2D eigenvalue weighted by Crippen LogP contribution is -2.53. The number of methoxy groups -OCH3 is 2. The molecule has 2 aliphatic heterocycles. The van der Waals surface area contributed by atoms with Crippen molar-refractivity contribution in [2.45, 2.75) is 109 Å². The fourth-order valence-electron chi connectivity index (χ4n) is 10.2. The minimum Gasteiger partial charge on any atom is -0.493 e. The van der Waals surface area contributed by atoms with Crippen LogP contribution in [0.4, 0.5) is 31.4 Å². The average molecular weight is 1140 g/mol. The monoisotopic (exact) mass is 1140 g/mol. The molecule has 23 nitrogen and oxygen atoms in total. The summed E-state index contributed by atoms with van der Waals surface area (Å²) < 4.78 is 39.4. The fourth-order valence-corrected chi connectivity index (χ4v) is 10.2. The number of hydrogen-bond acceptors (Lipinski definition) is 16. The zero-order chi connectivity index (χ0) is 59.1. The van der Waals surface area contributed by atoms with Crippen molar-refractivity contribution in [2.75, 3.05) is 82.9 Å². The molecule has 444 valence electrons. The van der Waals surface area contributed by atoms with Crippen LogP contribution in [0, 0.1) is 16.7 Å². The van der Waals surface area contributed by atoms with Gasteiger partial charge < -0.3 is 69.1 Å². The van der Waals surface area contributed by atoms with E-state index >= 15 is 0 Å². The van der Waals surface area contributed by atoms with E-state index in [1.165, 1.54) is 57.6 Å². The minimum atomic E-state index is -0.977. The first kappa shape index (κ1) is 61.6. The van der Waals surface area contributed by atoms with Crippen LogP contribution in [-0.2, 0) is 30.4 Å². The molecule has 3 aromatic carbocycles. The van der Waals surface area contributed by atoms with Gasteiger partial charge in [0.15, 0.2) is 23.0 Å². The molecule has 2 saturated heterocycles. The van der Waals surface area contributed by atoms with Gasteiger partial charge in [0.2, 0.25) is 11.8 Å². The highest BCUT2D eigenvalue weighted by atomic mass is 16.6. The third-order valence-electron chi connectivity index (χ3n) is 15.2. The average Bonchev–Trinajstić information content (AvgIpc) is 2.61. The molecule has 0 aromatic heterocycles. The summed E-state index contributed by atoms with van der Waals surface area (Å²) in [5, 5.41) is 33.7. The Hall–Kier alpha value is -8.05. The van der Waals surface area contributed by atoms with Gasteiger partial charge in [0.25, 0.3) is 11.8 Å². The molecular formula is C59H77N7O16. The van der Waals surface area contributed by atoms with Gasteiger partial charge in [0.1, 0.15) is 31.9 Å². The molecule has 7 amide bonds. The van der Waals surface area contributed by atoms with E-state index in [-0.39, 0.29) is 120 Å². The number of hydrogen-bond donors (Lipinski definition) is 7. The molecule has 23 heteroatoms. The molecule has 82 heavy (non-hydrogen) atoms. The summed E-state index contributed by atoms with van der Waals surface area (Å²) in [6.45, 7) is 12.8. The third-order valence-corrected chi connectivity index (χ3v) is 15.2. The summed E-state index contributed by atoms with van der Waals surface area (Å²) in [6.07, 6.45) is 7.36. The number of aliphatic hydroxyl groups is 2. The molecule has 0 bridgehead atoms. The van der Waals surface area contributed by atoms with E-state index in [1.54, 1.807) is 47.9 Å². The van der Waals surface area contributed by atoms with Crippen molar-refractivity contribution in [1.82, 2.24) is 20.4 Å². The smallest absolute Gasteiger partial charge is 0.411 e. The number of aliphatic hydroxyl groups excluding tert-OH is 2. The zero-order valence-electron chi connectivity index (χ0n) is 47.3. The SMILES string of the molecule is C=CCOC(=O)Nc1cc(OCCCCCOc2cc(NC(=O)OCc3ccc(NC(=O)C(C)NC(=O)C(NC(=O)OCC=C)C(C)C)cc3)c(C(=O)N3CC4(CC4)C[C@H]3CO)cc2OC)c(OC)cc1C(=O)N1CC2(CC2)C[C@H]1CO. The van der Waals surface area contributed by atoms with Gasteiger partial charge in [-0.3, -0.25) is 29.8 Å². The Morgan fingerprint density at radius 2 is 1.10 bits per heavy atom. The molecule has 3 aromatic rings. The molecule has 7 N–H and O–H groups in total. The van der Waals surface area contributed by atoms with Gasteiger partial charge in [-0.05, 0) is 111 Å². The maximum absolute atomic E-state index is 14.4. The number of nitrogens with one attached hydrogen (secondary N) is 5. The number of benzene rings is 3. The molecule has 2 unspecified atom stereocenters. The van der Waals surface area contributed by atoms with E-state index < -0.39 is 54.1 Å². The maximum Gasteiger partial charge on any atom is 0.411 e. The van der Waals surface area contributed by atoms with Crippen LogP contribution in [-0.4, -0.2) is 153 Å². The molecule has 2 aliphatic carbocycles. The highest BCUT2D eigenvalue weighted by Gasteiger charge is 2.54. The Bertz CT molecular complexity index is 2820. The Morgan fingerprint density at radius 1 is 0.622 bits per heavy atom. The lowest BCUT2D eigenvalue weighted by atomic mass is 10.0. The molecule has 4 fully saturated rings. The molecule has 2 saturated carbocycles. The van der Waals surface area contributed by atoms with Crippen molar-refractivity contribution in [3.63, 3.8) is 0 Å². The summed E-state index contributed by atoms with van der Waals surface area (Å²) in [5.74, 6) is -1.13. The Morgan fingerprint density at radius 3 is 1.54 bits per heavy atom. The number of anilines is 3. The van der Waals surface area contributed by atoms with E-state index in [9.17, 15) is 43.8 Å². The number of unbranched alkanes of at least 4 members (excludes halogenated alkanes) is 2. The molecule has 7 rings (SSSR count). The summed E-state index contributed by atoms with van der Waals surface area (Å²) in [5.41, 5.74) is 1.48. The minimum absolute atomic E-state index is 0.0190. The predicted molar refractivity (Wildman–Crippen MR) is 302 cm³/mol. The number of likely N-dealkylation sites (tertiary alicyclic amines) is 2. The number of nitrogens with zero attached hydrogens (tertiary/aromatic N) is 2. The van der Waals surface area contributed by atoms with Gasteiger partial charge in [-0.2, -0.15) is 0 Å². The Kier molecular flexibility index (Phi) is 21.1. The van der Waals surface area contributed by atoms with Crippen molar-refractivity contribution in [3.8, 4) is 23.0 Å². The predicted octanol–water partition coefficient (Wildman–Crippen LogP) is 7.17. The number of ether oxygens (including phenoxy) is 7. The highest BCUT2D eigenvalue weighted by molar-refractivity contribution is 6.05. The van der Waals surface area contributed by atoms with Crippen LogP contribution < -0.4 is 45.5 Å². The highest BCUT2D eigenvalue weighted by Crippen LogP contribution is 2.56. The van der Waals surface area contributed by atoms with Crippen molar-refractivity contribution in [3.05, 3.63) is 90.5 Å². The van der Waals surface area contributed by atoms with Gasteiger partial charge in [0.05, 0.1) is 75.2 Å². The molecule has 2 spiro atoms. The second-order valence-electron chi connectivity index (χ2n) is 21.7. The van der Waals surface area contributed by atoms with Crippen LogP contribution in [0.25, 0.3) is 0 Å². The second-order valence-corrected chi connectivity index (χ2v) is 21.7. The second kappa shape index (κ2) is 28.1. The normalized spacial score (nSPS) is 17.7. The van der Waals surface area contributed by atoms with Crippen LogP contribution >= 0.6 is 0 Å². The van der Waals surface area contributed by atoms with E-state index in [1.807, 2.05) is 0 Å². The van der Waals surface area contributed by atoms with Crippen molar-refractivity contribution in [2.24, 2.45) is 16.7 Å². The van der Waals surface area contributed by atoms with Gasteiger partial charge in [-0.15, -0.1) is 0 Å². The maximum atomic E-state index is 14.4. The van der Waals surface area contributed by atoms with Crippen LogP contribution in [0.1, 0.15) is 105 Å². The first-order chi connectivity index (χ1) is 39.4. The summed E-state index contributed by atoms with van der Waals surface area (Å²) in [7, 11) is 2.89. The molecule has 2 heterocycles. The summed E-state index contributed by atoms with van der Waals surface area (Å²) in [4.78, 5) is 96.2. The van der Waals surface area contributed by atoms with E-state index in [0.717, 1.165) is 25.7 Å². The summed E-state index contributed by atoms with van der Waals surface area (Å²) in [6, 6.07) is 9.84. The Balaban J connectivity index is 0.956. The topological polar surface area (TPSA) is 291 Å². The van der Waals surface area contributed by atoms with Crippen LogP contribution in [0.3, 0.4) is 0 Å². The van der Waals surface area contributed by atoms with Crippen LogP contribution in [0.5, 0.6) is 23.0 Å². The third kappa shape index (κ3) is 15.9. The standard InChI is InChI=1S/C59H77N7O16/c1-8-21-80-55(73)62-44-27-48(46(76-6)25-42(44)53(71)65-34-58(17-18-58)29-40(65)31-67)78-23-11-10-12-24-79-49-28-45(43(26-47(49)77-7)54(72)66-35-59(19-20-59)30-41(66)32-68)63-56(74)82-33-38-13-15-39(16-14-38)61-51(69)37(5)60-52(70)50(36(3)4)64-57(75)81-22-9-2/h8-9,13-16,25-28,36-37,40-41,50,67-68H,1-2,10-12,17-24,29-35H2,3-7H3,(H,60,70)(H,61,69)(H,62,73)(H,63,74)(H,64,75)/t37?,40-,41-,50?/m0/s1. The van der Waals surface area contributed by atoms with Crippen LogP contribution in [0.15, 0.2) is 73.8 Å². The van der Waals surface area contributed by atoms with E-state index in [0.29, 0.717) is 56.4 Å². The molecule has 0 radical (unpaired) electrons. The van der Waals surface area contributed by atoms with Gasteiger partial charge >= 0.3 is 18.3 Å². The summed E-state index contributed by atoms with van der Waals surface area (Å²) >= 11 is 0. The number of alkyl carbamates (subject to hydrolysis) is 1. The van der Waals surface area contributed by atoms with Gasteiger partial charge in [0, 0.05) is 30.9 Å². The number of carbonyl (C=O) groups excluding carboxylic acids is 7. The van der Waals surface area contributed by atoms with E-state index in [2.05, 4.69) is 39.7 Å². The van der Waals surface area contributed by atoms with Crippen LogP contribution in [0.2, 0.25) is 0 Å². The lowest BCUT2D eigenvalue weighted by molar-refractivity contribution is -0.128. The first-order valence-electron chi connectivity index (χ1n) is 27.6. The van der Waals surface area contributed by atoms with Crippen molar-refractivity contribution < 1.29 is 76.9 Å². The number of carbonyl (C=O) groups is 7. The molecular weight excluding hydrogens is 1060 g/mol. The van der Waals surface area contributed by atoms with E-state index in [4.69, 9.17) is 33.2 Å². The quantitative estimate of drug-likeness (QED) is 0.0215.